The summed E-state index contributed by atoms with van der Waals surface area (Å²) < 4.78 is 4.93. The summed E-state index contributed by atoms with van der Waals surface area (Å²) in [5, 5.41) is 4.90. The maximum absolute atomic E-state index is 5.45. The molecule has 0 aliphatic rings. The lowest BCUT2D eigenvalue weighted by Gasteiger charge is -2.21. The van der Waals surface area contributed by atoms with Gasteiger partial charge in [0.15, 0.2) is 17.5 Å². The van der Waals surface area contributed by atoms with Crippen LogP contribution in [0.5, 0.6) is 0 Å². The Labute approximate surface area is 416 Å². The summed E-state index contributed by atoms with van der Waals surface area (Å²) in [5.74, 6) is 1.86. The van der Waals surface area contributed by atoms with Crippen LogP contribution in [0.3, 0.4) is 0 Å². The molecule has 10 aromatic carbocycles. The first-order valence-corrected chi connectivity index (χ1v) is 25.1. The molecule has 71 heavy (non-hydrogen) atoms. The van der Waals surface area contributed by atoms with E-state index in [1.165, 1.54) is 64.3 Å². The number of thiophene rings is 1. The van der Waals surface area contributed by atoms with Crippen LogP contribution in [0, 0.1) is 6.92 Å². The van der Waals surface area contributed by atoms with Gasteiger partial charge in [-0.15, -0.1) is 11.3 Å². The van der Waals surface area contributed by atoms with Gasteiger partial charge in [-0.3, -0.25) is 0 Å². The molecular weight excluding hydrogens is 881 g/mol. The fourth-order valence-corrected chi connectivity index (χ4v) is 11.7. The van der Waals surface area contributed by atoms with Crippen LogP contribution < -0.4 is 0 Å². The third-order valence-corrected chi connectivity index (χ3v) is 15.1. The van der Waals surface area contributed by atoms with Crippen LogP contribution in [-0.4, -0.2) is 19.5 Å². The Morgan fingerprint density at radius 1 is 0.352 bits per heavy atom. The molecule has 0 radical (unpaired) electrons. The van der Waals surface area contributed by atoms with Crippen molar-refractivity contribution >= 4 is 53.3 Å². The zero-order valence-corrected chi connectivity index (χ0v) is 40.2. The quantitative estimate of drug-likeness (QED) is 0.145. The fraction of sp³-hybridized carbons (Fsp3) is 0.0455. The van der Waals surface area contributed by atoms with Crippen LogP contribution in [0.15, 0.2) is 231 Å². The number of fused-ring (bicyclic) bond motifs is 6. The van der Waals surface area contributed by atoms with Crippen molar-refractivity contribution < 1.29 is 0 Å². The third-order valence-electron chi connectivity index (χ3n) is 14.0. The Kier molecular flexibility index (Phi) is 10.5. The second-order valence-corrected chi connectivity index (χ2v) is 19.3. The van der Waals surface area contributed by atoms with Crippen molar-refractivity contribution in [3.8, 4) is 84.4 Å². The van der Waals surface area contributed by atoms with Crippen molar-refractivity contribution in [2.24, 2.45) is 0 Å². The van der Waals surface area contributed by atoms with Crippen LogP contribution in [-0.2, 0) is 6.42 Å². The molecule has 0 fully saturated rings. The topological polar surface area (TPSA) is 43.6 Å². The lowest BCUT2D eigenvalue weighted by atomic mass is 9.92. The zero-order chi connectivity index (χ0) is 47.4. The molecule has 0 aliphatic heterocycles. The van der Waals surface area contributed by atoms with Gasteiger partial charge < -0.3 is 4.57 Å². The molecule has 0 atom stereocenters. The summed E-state index contributed by atoms with van der Waals surface area (Å²) in [6.07, 6.45) is 0.961. The average molecular weight is 927 g/mol. The fourth-order valence-electron chi connectivity index (χ4n) is 10.5. The SMILES string of the molecule is CCc1ccccc1-c1ccc(-c2nc(-c3cc(-c4ccccc4)c(-n4c5ccccc5c5cc(-c6ccccc6)ccc54)c(-c4ccccc4)c3)nc(-c3ccc4c(c3)sc3ccccc34)n2)cc1C. The van der Waals surface area contributed by atoms with E-state index in [-0.39, 0.29) is 0 Å². The van der Waals surface area contributed by atoms with E-state index in [9.17, 15) is 0 Å². The summed E-state index contributed by atoms with van der Waals surface area (Å²) in [6, 6.07) is 83.1. The molecule has 13 aromatic rings. The normalized spacial score (nSPS) is 11.6. The van der Waals surface area contributed by atoms with Crippen LogP contribution >= 0.6 is 11.3 Å². The lowest BCUT2D eigenvalue weighted by molar-refractivity contribution is 1.07. The first-order chi connectivity index (χ1) is 35.1. The zero-order valence-electron chi connectivity index (χ0n) is 39.3. The number of rotatable bonds is 9. The highest BCUT2D eigenvalue weighted by molar-refractivity contribution is 7.25. The van der Waals surface area contributed by atoms with Crippen molar-refractivity contribution in [1.29, 1.82) is 0 Å². The predicted molar refractivity (Wildman–Crippen MR) is 299 cm³/mol. The minimum atomic E-state index is 0.607. The van der Waals surface area contributed by atoms with Gasteiger partial charge in [0.2, 0.25) is 0 Å². The number of aromatic nitrogens is 4. The molecule has 0 N–H and O–H groups in total. The van der Waals surface area contributed by atoms with Gasteiger partial charge in [-0.1, -0.05) is 189 Å². The van der Waals surface area contributed by atoms with Crippen LogP contribution in [0.1, 0.15) is 18.1 Å². The molecule has 13 rings (SSSR count). The second-order valence-electron chi connectivity index (χ2n) is 18.3. The molecule has 0 spiro atoms. The number of aryl methyl sites for hydroxylation is 2. The Bertz CT molecular complexity index is 4090. The van der Waals surface area contributed by atoms with Gasteiger partial charge in [0, 0.05) is 58.8 Å². The predicted octanol–water partition coefficient (Wildman–Crippen LogP) is 17.9. The van der Waals surface area contributed by atoms with Gasteiger partial charge in [-0.05, 0) is 106 Å². The van der Waals surface area contributed by atoms with E-state index in [0.717, 1.165) is 62.1 Å². The third kappa shape index (κ3) is 7.50. The van der Waals surface area contributed by atoms with E-state index in [1.54, 1.807) is 11.3 Å². The van der Waals surface area contributed by atoms with E-state index >= 15 is 0 Å². The van der Waals surface area contributed by atoms with E-state index in [0.29, 0.717) is 17.5 Å². The minimum Gasteiger partial charge on any atom is -0.308 e. The maximum Gasteiger partial charge on any atom is 0.164 e. The molecule has 3 heterocycles. The highest BCUT2D eigenvalue weighted by atomic mass is 32.1. The lowest BCUT2D eigenvalue weighted by Crippen LogP contribution is -2.04. The molecule has 3 aromatic heterocycles. The van der Waals surface area contributed by atoms with Gasteiger partial charge >= 0.3 is 0 Å². The largest absolute Gasteiger partial charge is 0.308 e. The Morgan fingerprint density at radius 3 is 1.58 bits per heavy atom. The molecule has 0 unspecified atom stereocenters. The second kappa shape index (κ2) is 17.6. The van der Waals surface area contributed by atoms with Crippen molar-refractivity contribution in [3.63, 3.8) is 0 Å². The van der Waals surface area contributed by atoms with E-state index in [4.69, 9.17) is 15.0 Å². The summed E-state index contributed by atoms with van der Waals surface area (Å²) in [4.78, 5) is 16.2. The van der Waals surface area contributed by atoms with E-state index in [2.05, 4.69) is 249 Å². The van der Waals surface area contributed by atoms with Crippen molar-refractivity contribution in [2.75, 3.05) is 0 Å². The van der Waals surface area contributed by atoms with Crippen LogP contribution in [0.2, 0.25) is 0 Å². The maximum atomic E-state index is 5.45. The summed E-state index contributed by atoms with van der Waals surface area (Å²) in [6.45, 7) is 4.41. The summed E-state index contributed by atoms with van der Waals surface area (Å²) >= 11 is 1.80. The summed E-state index contributed by atoms with van der Waals surface area (Å²) in [7, 11) is 0. The van der Waals surface area contributed by atoms with Gasteiger partial charge in [-0.2, -0.15) is 0 Å². The van der Waals surface area contributed by atoms with Gasteiger partial charge in [0.05, 0.1) is 16.7 Å². The van der Waals surface area contributed by atoms with Gasteiger partial charge in [-0.25, -0.2) is 15.0 Å². The first-order valence-electron chi connectivity index (χ1n) is 24.3. The van der Waals surface area contributed by atoms with Crippen LogP contribution in [0.4, 0.5) is 0 Å². The minimum absolute atomic E-state index is 0.607. The van der Waals surface area contributed by atoms with Gasteiger partial charge in [0.25, 0.3) is 0 Å². The molecule has 0 saturated heterocycles. The molecule has 0 aliphatic carbocycles. The number of nitrogens with zero attached hydrogens (tertiary/aromatic N) is 4. The van der Waals surface area contributed by atoms with E-state index in [1.807, 2.05) is 0 Å². The van der Waals surface area contributed by atoms with Crippen molar-refractivity contribution in [3.05, 3.63) is 242 Å². The number of benzene rings is 10. The van der Waals surface area contributed by atoms with Crippen molar-refractivity contribution in [2.45, 2.75) is 20.3 Å². The molecule has 5 heteroatoms. The Balaban J connectivity index is 1.07. The molecule has 0 amide bonds. The Morgan fingerprint density at radius 2 is 0.887 bits per heavy atom. The van der Waals surface area contributed by atoms with Gasteiger partial charge in [0.1, 0.15) is 0 Å². The molecule has 4 nitrogen and oxygen atoms in total. The smallest absolute Gasteiger partial charge is 0.164 e. The number of hydrogen-bond donors (Lipinski definition) is 0. The standard InChI is InChI=1S/C66H46N4S/c1-3-43-19-13-14-26-52(43)51-34-31-48(37-42(51)2)64-67-65(49-32-35-55-54-28-16-18-30-61(54)71-62(55)41-49)69-66(68-64)50-39-56(45-22-9-5-10-23-45)63(57(40-50)46-24-11-6-12-25-46)70-59-29-17-15-27-53(59)58-38-47(33-36-60(58)70)44-20-7-4-8-21-44/h4-41H,3H2,1-2H3. The Hall–Kier alpha value is -8.77. The summed E-state index contributed by atoms with van der Waals surface area (Å²) in [5.41, 5.74) is 17.8. The number of para-hydroxylation sites is 1. The molecule has 0 saturated carbocycles. The molecular formula is C66H46N4S. The average Bonchev–Trinajstić information content (AvgIpc) is 3.98. The molecule has 336 valence electrons. The monoisotopic (exact) mass is 926 g/mol. The van der Waals surface area contributed by atoms with Crippen LogP contribution in [0.25, 0.3) is 126 Å². The highest BCUT2D eigenvalue weighted by Gasteiger charge is 2.24. The highest BCUT2D eigenvalue weighted by Crippen LogP contribution is 2.45. The van der Waals surface area contributed by atoms with E-state index < -0.39 is 0 Å². The molecule has 0 bridgehead atoms. The van der Waals surface area contributed by atoms with Crippen molar-refractivity contribution in [1.82, 2.24) is 19.5 Å². The number of hydrogen-bond acceptors (Lipinski definition) is 4. The first kappa shape index (κ1) is 42.3.